The third-order valence-electron chi connectivity index (χ3n) is 4.79. The maximum Gasteiger partial charge on any atom is 0.227 e. The predicted molar refractivity (Wildman–Crippen MR) is 101 cm³/mol. The minimum Gasteiger partial charge on any atom is -0.493 e. The van der Waals surface area contributed by atoms with E-state index in [0.717, 1.165) is 30.0 Å². The van der Waals surface area contributed by atoms with E-state index < -0.39 is 0 Å². The second-order valence-corrected chi connectivity index (χ2v) is 6.37. The first-order valence-corrected chi connectivity index (χ1v) is 8.77. The summed E-state index contributed by atoms with van der Waals surface area (Å²) in [6, 6.07) is 9.72. The van der Waals surface area contributed by atoms with Crippen molar-refractivity contribution in [1.82, 2.24) is 9.88 Å². The SMILES string of the molecule is COc1cc(C)c(CC(=O)N2CCN(c3ccccn3)CC2)cc1OC. The topological polar surface area (TPSA) is 54.9 Å². The molecule has 26 heavy (non-hydrogen) atoms. The highest BCUT2D eigenvalue weighted by molar-refractivity contribution is 5.79. The van der Waals surface area contributed by atoms with Gasteiger partial charge in [0.2, 0.25) is 5.91 Å². The molecule has 1 aromatic heterocycles. The van der Waals surface area contributed by atoms with Crippen molar-refractivity contribution < 1.29 is 14.3 Å². The lowest BCUT2D eigenvalue weighted by molar-refractivity contribution is -0.130. The number of pyridine rings is 1. The molecule has 6 nitrogen and oxygen atoms in total. The fourth-order valence-electron chi connectivity index (χ4n) is 3.21. The number of hydrogen-bond donors (Lipinski definition) is 0. The molecule has 138 valence electrons. The van der Waals surface area contributed by atoms with Crippen LogP contribution >= 0.6 is 0 Å². The number of nitrogens with zero attached hydrogens (tertiary/aromatic N) is 3. The second-order valence-electron chi connectivity index (χ2n) is 6.37. The molecule has 0 saturated carbocycles. The number of ether oxygens (including phenoxy) is 2. The maximum absolute atomic E-state index is 12.7. The Balaban J connectivity index is 1.63. The van der Waals surface area contributed by atoms with Crippen molar-refractivity contribution in [3.63, 3.8) is 0 Å². The largest absolute Gasteiger partial charge is 0.493 e. The molecule has 1 fully saturated rings. The van der Waals surface area contributed by atoms with Crippen LogP contribution in [0.2, 0.25) is 0 Å². The Morgan fingerprint density at radius 1 is 1.08 bits per heavy atom. The number of rotatable bonds is 5. The quantitative estimate of drug-likeness (QED) is 0.824. The van der Waals surface area contributed by atoms with Gasteiger partial charge in [0.1, 0.15) is 5.82 Å². The summed E-state index contributed by atoms with van der Waals surface area (Å²) in [6.07, 6.45) is 2.17. The standard InChI is InChI=1S/C20H25N3O3/c1-15-12-17(25-2)18(26-3)13-16(15)14-20(24)23-10-8-22(9-11-23)19-6-4-5-7-21-19/h4-7,12-13H,8-11,14H2,1-3H3. The first-order chi connectivity index (χ1) is 12.6. The average molecular weight is 355 g/mol. The third-order valence-corrected chi connectivity index (χ3v) is 4.79. The molecule has 0 unspecified atom stereocenters. The van der Waals surface area contributed by atoms with Gasteiger partial charge in [0.05, 0.1) is 20.6 Å². The summed E-state index contributed by atoms with van der Waals surface area (Å²) in [5, 5.41) is 0. The molecule has 0 bridgehead atoms. The van der Waals surface area contributed by atoms with Gasteiger partial charge in [-0.15, -0.1) is 0 Å². The number of anilines is 1. The molecule has 0 spiro atoms. The summed E-state index contributed by atoms with van der Waals surface area (Å²) < 4.78 is 10.7. The number of aromatic nitrogens is 1. The average Bonchev–Trinajstić information content (AvgIpc) is 2.69. The number of carbonyl (C=O) groups excluding carboxylic acids is 1. The highest BCUT2D eigenvalue weighted by atomic mass is 16.5. The lowest BCUT2D eigenvalue weighted by atomic mass is 10.0. The van der Waals surface area contributed by atoms with E-state index in [-0.39, 0.29) is 5.91 Å². The summed E-state index contributed by atoms with van der Waals surface area (Å²) in [4.78, 5) is 21.3. The van der Waals surface area contributed by atoms with Crippen LogP contribution in [0.3, 0.4) is 0 Å². The van der Waals surface area contributed by atoms with Crippen molar-refractivity contribution >= 4 is 11.7 Å². The Hall–Kier alpha value is -2.76. The maximum atomic E-state index is 12.7. The zero-order valence-corrected chi connectivity index (χ0v) is 15.6. The van der Waals surface area contributed by atoms with Crippen LogP contribution in [0, 0.1) is 6.92 Å². The molecule has 0 radical (unpaired) electrons. The normalized spacial score (nSPS) is 14.3. The van der Waals surface area contributed by atoms with Crippen molar-refractivity contribution in [2.24, 2.45) is 0 Å². The van der Waals surface area contributed by atoms with Crippen LogP contribution in [-0.2, 0) is 11.2 Å². The van der Waals surface area contributed by atoms with Gasteiger partial charge in [-0.3, -0.25) is 4.79 Å². The molecule has 1 aromatic carbocycles. The van der Waals surface area contributed by atoms with E-state index in [4.69, 9.17) is 9.47 Å². The Morgan fingerprint density at radius 3 is 2.38 bits per heavy atom. The van der Waals surface area contributed by atoms with Crippen molar-refractivity contribution in [2.75, 3.05) is 45.3 Å². The van der Waals surface area contributed by atoms with Gasteiger partial charge >= 0.3 is 0 Å². The van der Waals surface area contributed by atoms with Crippen molar-refractivity contribution in [3.05, 3.63) is 47.7 Å². The Bertz CT molecular complexity index is 756. The van der Waals surface area contributed by atoms with E-state index >= 15 is 0 Å². The third kappa shape index (κ3) is 3.90. The number of amides is 1. The smallest absolute Gasteiger partial charge is 0.227 e. The molecule has 1 amide bonds. The predicted octanol–water partition coefficient (Wildman–Crippen LogP) is 2.30. The fourth-order valence-corrected chi connectivity index (χ4v) is 3.21. The molecule has 3 rings (SSSR count). The van der Waals surface area contributed by atoms with Crippen LogP contribution in [0.1, 0.15) is 11.1 Å². The minimum absolute atomic E-state index is 0.140. The highest BCUT2D eigenvalue weighted by Crippen LogP contribution is 2.30. The van der Waals surface area contributed by atoms with Crippen molar-refractivity contribution in [3.8, 4) is 11.5 Å². The van der Waals surface area contributed by atoms with Gasteiger partial charge in [0.25, 0.3) is 0 Å². The van der Waals surface area contributed by atoms with Gasteiger partial charge in [0, 0.05) is 32.4 Å². The van der Waals surface area contributed by atoms with Crippen molar-refractivity contribution in [2.45, 2.75) is 13.3 Å². The van der Waals surface area contributed by atoms with E-state index in [9.17, 15) is 4.79 Å². The van der Waals surface area contributed by atoms with E-state index in [1.165, 1.54) is 0 Å². The van der Waals surface area contributed by atoms with E-state index in [2.05, 4.69) is 9.88 Å². The molecular formula is C20H25N3O3. The van der Waals surface area contributed by atoms with Crippen LogP contribution in [-0.4, -0.2) is 56.2 Å². The number of benzene rings is 1. The molecular weight excluding hydrogens is 330 g/mol. The van der Waals surface area contributed by atoms with Crippen molar-refractivity contribution in [1.29, 1.82) is 0 Å². The second kappa shape index (κ2) is 8.08. The lowest BCUT2D eigenvalue weighted by Crippen LogP contribution is -2.49. The zero-order chi connectivity index (χ0) is 18.5. The zero-order valence-electron chi connectivity index (χ0n) is 15.6. The Morgan fingerprint density at radius 2 is 1.77 bits per heavy atom. The van der Waals surface area contributed by atoms with E-state index in [1.54, 1.807) is 20.4 Å². The van der Waals surface area contributed by atoms with Crippen LogP contribution in [0.4, 0.5) is 5.82 Å². The fraction of sp³-hybridized carbons (Fsp3) is 0.400. The minimum atomic E-state index is 0.140. The molecule has 1 aliphatic rings. The van der Waals surface area contributed by atoms with E-state index in [1.807, 2.05) is 42.2 Å². The first kappa shape index (κ1) is 18.0. The monoisotopic (exact) mass is 355 g/mol. The van der Waals surface area contributed by atoms with E-state index in [0.29, 0.717) is 31.0 Å². The number of piperazine rings is 1. The molecule has 1 saturated heterocycles. The molecule has 0 atom stereocenters. The number of aryl methyl sites for hydroxylation is 1. The summed E-state index contributed by atoms with van der Waals surface area (Å²) in [6.45, 7) is 5.01. The summed E-state index contributed by atoms with van der Waals surface area (Å²) in [7, 11) is 3.22. The van der Waals surface area contributed by atoms with Gasteiger partial charge in [-0.25, -0.2) is 4.98 Å². The number of methoxy groups -OCH3 is 2. The van der Waals surface area contributed by atoms with Crippen LogP contribution in [0.15, 0.2) is 36.5 Å². The van der Waals surface area contributed by atoms with Gasteiger partial charge in [0.15, 0.2) is 11.5 Å². The lowest BCUT2D eigenvalue weighted by Gasteiger charge is -2.35. The molecule has 1 aliphatic heterocycles. The van der Waals surface area contributed by atoms with Gasteiger partial charge in [-0.05, 0) is 42.3 Å². The highest BCUT2D eigenvalue weighted by Gasteiger charge is 2.22. The molecule has 0 aliphatic carbocycles. The number of carbonyl (C=O) groups is 1. The molecule has 0 N–H and O–H groups in total. The van der Waals surface area contributed by atoms with Gasteiger partial charge in [-0.1, -0.05) is 6.07 Å². The summed E-state index contributed by atoms with van der Waals surface area (Å²) in [5.74, 6) is 2.45. The summed E-state index contributed by atoms with van der Waals surface area (Å²) >= 11 is 0. The summed E-state index contributed by atoms with van der Waals surface area (Å²) in [5.41, 5.74) is 2.00. The van der Waals surface area contributed by atoms with Gasteiger partial charge < -0.3 is 19.3 Å². The van der Waals surface area contributed by atoms with Crippen LogP contribution in [0.25, 0.3) is 0 Å². The Labute approximate surface area is 154 Å². The first-order valence-electron chi connectivity index (χ1n) is 8.77. The molecule has 6 heteroatoms. The van der Waals surface area contributed by atoms with Crippen LogP contribution in [0.5, 0.6) is 11.5 Å². The van der Waals surface area contributed by atoms with Gasteiger partial charge in [-0.2, -0.15) is 0 Å². The van der Waals surface area contributed by atoms with Crippen LogP contribution < -0.4 is 14.4 Å². The number of hydrogen-bond acceptors (Lipinski definition) is 5. The molecule has 2 aromatic rings. The Kier molecular flexibility index (Phi) is 5.61. The molecule has 2 heterocycles.